The topological polar surface area (TPSA) is 77.8 Å². The summed E-state index contributed by atoms with van der Waals surface area (Å²) in [7, 11) is 0. The van der Waals surface area contributed by atoms with Crippen molar-refractivity contribution in [2.45, 2.75) is 83.7 Å². The number of carboxylic acid groups (broad SMARTS) is 1. The van der Waals surface area contributed by atoms with Crippen LogP contribution in [0.15, 0.2) is 18.2 Å². The molecule has 4 nitrogen and oxygen atoms in total. The molecular formula is C25H36O4. The molecule has 0 radical (unpaired) electrons. The summed E-state index contributed by atoms with van der Waals surface area (Å²) in [5.41, 5.74) is 2.77. The Morgan fingerprint density at radius 3 is 2.79 bits per heavy atom. The van der Waals surface area contributed by atoms with E-state index in [-0.39, 0.29) is 17.4 Å². The van der Waals surface area contributed by atoms with E-state index in [9.17, 15) is 15.0 Å². The molecule has 2 fully saturated rings. The van der Waals surface area contributed by atoms with Gasteiger partial charge in [-0.25, -0.2) is 0 Å². The molecule has 0 spiro atoms. The van der Waals surface area contributed by atoms with Crippen molar-refractivity contribution >= 4 is 5.97 Å². The van der Waals surface area contributed by atoms with Crippen molar-refractivity contribution in [2.24, 2.45) is 29.1 Å². The molecule has 1 aromatic carbocycles. The molecular weight excluding hydrogens is 364 g/mol. The molecule has 4 heteroatoms. The van der Waals surface area contributed by atoms with Gasteiger partial charge in [0.2, 0.25) is 0 Å². The van der Waals surface area contributed by atoms with Crippen LogP contribution in [0.25, 0.3) is 0 Å². The molecule has 3 N–H and O–H groups in total. The lowest BCUT2D eigenvalue weighted by atomic mass is 9.52. The molecule has 0 saturated heterocycles. The van der Waals surface area contributed by atoms with Crippen LogP contribution in [-0.4, -0.2) is 27.4 Å². The molecule has 7 atom stereocenters. The van der Waals surface area contributed by atoms with Gasteiger partial charge in [0.25, 0.3) is 0 Å². The molecule has 0 bridgehead atoms. The van der Waals surface area contributed by atoms with E-state index in [0.717, 1.165) is 57.8 Å². The van der Waals surface area contributed by atoms with Crippen LogP contribution >= 0.6 is 0 Å². The zero-order chi connectivity index (χ0) is 20.8. The van der Waals surface area contributed by atoms with Gasteiger partial charge in [0.05, 0.1) is 12.0 Å². The third-order valence-electron chi connectivity index (χ3n) is 8.72. The lowest BCUT2D eigenvalue weighted by Crippen LogP contribution is -2.47. The number of aliphatic hydroxyl groups excluding tert-OH is 1. The Morgan fingerprint density at radius 1 is 1.24 bits per heavy atom. The van der Waals surface area contributed by atoms with Crippen LogP contribution in [0.1, 0.15) is 82.3 Å². The highest BCUT2D eigenvalue weighted by molar-refractivity contribution is 5.69. The second-order valence-corrected chi connectivity index (χ2v) is 10.3. The first kappa shape index (κ1) is 20.7. The van der Waals surface area contributed by atoms with Gasteiger partial charge >= 0.3 is 5.97 Å². The highest BCUT2D eigenvalue weighted by Crippen LogP contribution is 2.62. The van der Waals surface area contributed by atoms with E-state index in [4.69, 9.17) is 5.11 Å². The molecule has 2 saturated carbocycles. The third-order valence-corrected chi connectivity index (χ3v) is 8.72. The molecule has 3 aliphatic carbocycles. The summed E-state index contributed by atoms with van der Waals surface area (Å²) in [5.74, 6) is 1.65. The first-order valence-electron chi connectivity index (χ1n) is 11.5. The predicted molar refractivity (Wildman–Crippen MR) is 113 cm³/mol. The van der Waals surface area contributed by atoms with E-state index in [1.807, 2.05) is 12.1 Å². The van der Waals surface area contributed by atoms with Crippen LogP contribution < -0.4 is 0 Å². The molecule has 4 unspecified atom stereocenters. The average Bonchev–Trinajstić information content (AvgIpc) is 2.99. The number of aliphatic carboxylic acids is 1. The number of carboxylic acids is 1. The second kappa shape index (κ2) is 7.94. The van der Waals surface area contributed by atoms with E-state index in [0.29, 0.717) is 29.4 Å². The number of phenols is 1. The number of aliphatic hydroxyl groups is 1. The number of hydrogen-bond acceptors (Lipinski definition) is 3. The maximum absolute atomic E-state index is 11.1. The van der Waals surface area contributed by atoms with Gasteiger partial charge in [-0.1, -0.05) is 32.8 Å². The van der Waals surface area contributed by atoms with Crippen molar-refractivity contribution in [3.05, 3.63) is 29.3 Å². The lowest BCUT2D eigenvalue weighted by molar-refractivity contribution is -0.141. The van der Waals surface area contributed by atoms with Crippen LogP contribution in [0.3, 0.4) is 0 Å². The summed E-state index contributed by atoms with van der Waals surface area (Å²) < 4.78 is 0. The summed E-state index contributed by atoms with van der Waals surface area (Å²) in [6, 6.07) is 5.93. The zero-order valence-electron chi connectivity index (χ0n) is 17.8. The van der Waals surface area contributed by atoms with Gasteiger partial charge in [-0.3, -0.25) is 4.79 Å². The first-order chi connectivity index (χ1) is 13.8. The average molecular weight is 401 g/mol. The van der Waals surface area contributed by atoms with E-state index in [2.05, 4.69) is 13.0 Å². The van der Waals surface area contributed by atoms with Gasteiger partial charge in [0.1, 0.15) is 5.75 Å². The van der Waals surface area contributed by atoms with Crippen molar-refractivity contribution in [1.82, 2.24) is 0 Å². The van der Waals surface area contributed by atoms with E-state index < -0.39 is 5.97 Å². The highest BCUT2D eigenvalue weighted by atomic mass is 16.4. The van der Waals surface area contributed by atoms with Crippen LogP contribution in [0, 0.1) is 29.1 Å². The van der Waals surface area contributed by atoms with Crippen molar-refractivity contribution < 1.29 is 20.1 Å². The molecule has 160 valence electrons. The zero-order valence-corrected chi connectivity index (χ0v) is 17.8. The van der Waals surface area contributed by atoms with Gasteiger partial charge in [0, 0.05) is 0 Å². The van der Waals surface area contributed by atoms with Crippen LogP contribution in [0.4, 0.5) is 0 Å². The van der Waals surface area contributed by atoms with Crippen molar-refractivity contribution in [3.63, 3.8) is 0 Å². The monoisotopic (exact) mass is 400 g/mol. The van der Waals surface area contributed by atoms with Crippen molar-refractivity contribution in [1.29, 1.82) is 0 Å². The Kier molecular flexibility index (Phi) is 5.67. The molecule has 0 aromatic heterocycles. The first-order valence-corrected chi connectivity index (χ1v) is 11.5. The maximum Gasteiger partial charge on any atom is 0.306 e. The molecule has 1 aromatic rings. The summed E-state index contributed by atoms with van der Waals surface area (Å²) in [4.78, 5) is 11.1. The fourth-order valence-electron chi connectivity index (χ4n) is 7.01. The number of unbranched alkanes of at least 4 members (excludes halogenated alkanes) is 1. The number of carbonyl (C=O) groups is 1. The van der Waals surface area contributed by atoms with Crippen LogP contribution in [-0.2, 0) is 11.2 Å². The van der Waals surface area contributed by atoms with Gasteiger partial charge in [-0.05, 0) is 97.3 Å². The maximum atomic E-state index is 11.1. The standard InChI is InChI=1S/C25H36O4/c1-15(24(28)29)5-3-4-6-16-13-17-14-18(26)7-8-19(17)20-11-12-25(2)21(23(16)20)9-10-22(25)27/h7-8,14-16,20-23,26-27H,3-6,9-13H2,1-2H3,(H,28,29)/t15?,16-,20?,21?,22+,23?,25+/m1/s1. The molecule has 0 heterocycles. The fourth-order valence-corrected chi connectivity index (χ4v) is 7.01. The minimum absolute atomic E-state index is 0.0473. The van der Waals surface area contributed by atoms with Gasteiger partial charge < -0.3 is 15.3 Å². The molecule has 0 amide bonds. The summed E-state index contributed by atoms with van der Waals surface area (Å²) >= 11 is 0. The molecule has 4 rings (SSSR count). The summed E-state index contributed by atoms with van der Waals surface area (Å²) in [6.45, 7) is 4.11. The lowest BCUT2D eigenvalue weighted by Gasteiger charge is -2.53. The fraction of sp³-hybridized carbons (Fsp3) is 0.720. The van der Waals surface area contributed by atoms with Crippen molar-refractivity contribution in [2.75, 3.05) is 0 Å². The third kappa shape index (κ3) is 3.69. The Bertz CT molecular complexity index is 759. The number of benzene rings is 1. The van der Waals surface area contributed by atoms with E-state index >= 15 is 0 Å². The number of phenolic OH excluding ortho intramolecular Hbond substituents is 1. The second-order valence-electron chi connectivity index (χ2n) is 10.3. The molecule has 29 heavy (non-hydrogen) atoms. The Balaban J connectivity index is 1.55. The minimum Gasteiger partial charge on any atom is -0.508 e. The Morgan fingerprint density at radius 2 is 2.03 bits per heavy atom. The highest BCUT2D eigenvalue weighted by Gasteiger charge is 2.56. The van der Waals surface area contributed by atoms with Gasteiger partial charge in [0.15, 0.2) is 0 Å². The molecule has 3 aliphatic rings. The number of hydrogen-bond donors (Lipinski definition) is 3. The smallest absolute Gasteiger partial charge is 0.306 e. The van der Waals surface area contributed by atoms with Gasteiger partial charge in [-0.15, -0.1) is 0 Å². The van der Waals surface area contributed by atoms with Gasteiger partial charge in [-0.2, -0.15) is 0 Å². The molecule has 0 aliphatic heterocycles. The normalized spacial score (nSPS) is 36.7. The van der Waals surface area contributed by atoms with Crippen LogP contribution in [0.5, 0.6) is 5.75 Å². The Hall–Kier alpha value is -1.55. The number of aromatic hydroxyl groups is 1. The largest absolute Gasteiger partial charge is 0.508 e. The van der Waals surface area contributed by atoms with Crippen molar-refractivity contribution in [3.8, 4) is 5.75 Å². The van der Waals surface area contributed by atoms with Crippen LogP contribution in [0.2, 0.25) is 0 Å². The Labute approximate surface area is 174 Å². The summed E-state index contributed by atoms with van der Waals surface area (Å²) in [5, 5.41) is 29.9. The number of fused-ring (bicyclic) bond motifs is 5. The SMILES string of the molecule is CC(CCCC[C@@H]1Cc2cc(O)ccc2C2CC[C@@]3(C)C(CC[C@@H]3O)C21)C(=O)O. The number of rotatable bonds is 6. The summed E-state index contributed by atoms with van der Waals surface area (Å²) in [6.07, 6.45) is 8.97. The van der Waals surface area contributed by atoms with E-state index in [1.165, 1.54) is 11.1 Å². The predicted octanol–water partition coefficient (Wildman–Crippen LogP) is 5.12. The minimum atomic E-state index is -0.699. The van der Waals surface area contributed by atoms with E-state index in [1.54, 1.807) is 6.92 Å². The quantitative estimate of drug-likeness (QED) is 0.580.